The van der Waals surface area contributed by atoms with Gasteiger partial charge in [0.1, 0.15) is 0 Å². The number of halogens is 1. The second kappa shape index (κ2) is 12.5. The van der Waals surface area contributed by atoms with Crippen LogP contribution in [0.4, 0.5) is 0 Å². The molecule has 0 atom stereocenters. The molecular weight excluding hydrogens is 405 g/mol. The highest BCUT2D eigenvalue weighted by atomic mass is 127. The van der Waals surface area contributed by atoms with Crippen molar-refractivity contribution in [3.05, 3.63) is 35.4 Å². The van der Waals surface area contributed by atoms with Crippen molar-refractivity contribution >= 4 is 29.9 Å². The van der Waals surface area contributed by atoms with E-state index in [4.69, 9.17) is 9.47 Å². The first-order valence-electron chi connectivity index (χ1n) is 7.67. The number of ether oxygens (including phenoxy) is 2. The molecule has 0 spiro atoms. The van der Waals surface area contributed by atoms with Crippen molar-refractivity contribution in [2.75, 3.05) is 48.0 Å². The fourth-order valence-electron chi connectivity index (χ4n) is 2.11. The molecule has 1 rings (SSSR count). The van der Waals surface area contributed by atoms with Gasteiger partial charge in [-0.1, -0.05) is 24.3 Å². The summed E-state index contributed by atoms with van der Waals surface area (Å²) >= 11 is 0. The molecule has 0 aliphatic carbocycles. The van der Waals surface area contributed by atoms with E-state index in [0.29, 0.717) is 26.4 Å². The van der Waals surface area contributed by atoms with Crippen molar-refractivity contribution in [3.63, 3.8) is 0 Å². The average molecular weight is 435 g/mol. The van der Waals surface area contributed by atoms with Crippen molar-refractivity contribution in [2.45, 2.75) is 20.1 Å². The van der Waals surface area contributed by atoms with Crippen LogP contribution >= 0.6 is 24.0 Å². The van der Waals surface area contributed by atoms with Crippen LogP contribution in [0.5, 0.6) is 0 Å². The lowest BCUT2D eigenvalue weighted by molar-refractivity contribution is 0.0453. The molecule has 0 aliphatic rings. The van der Waals surface area contributed by atoms with E-state index in [9.17, 15) is 0 Å². The summed E-state index contributed by atoms with van der Waals surface area (Å²) in [6, 6.07) is 8.37. The fraction of sp³-hybridized carbons (Fsp3) is 0.588. The standard InChI is InChI=1S/C17H29N3O2.HI/c1-6-21-10-11-22-14-16-9-7-8-15(12-16)13-18-17(19(2)3)20(4)5;/h7-9,12H,6,10-11,13-14H2,1-5H3;1H. The van der Waals surface area contributed by atoms with Crippen LogP contribution in [-0.2, 0) is 22.6 Å². The Labute approximate surface area is 157 Å². The molecule has 0 saturated carbocycles. The lowest BCUT2D eigenvalue weighted by Gasteiger charge is -2.22. The maximum Gasteiger partial charge on any atom is 0.195 e. The van der Waals surface area contributed by atoms with Crippen LogP contribution < -0.4 is 0 Å². The van der Waals surface area contributed by atoms with Crippen LogP contribution in [0.2, 0.25) is 0 Å². The molecule has 0 radical (unpaired) electrons. The molecule has 0 aliphatic heterocycles. The Kier molecular flexibility index (Phi) is 12.1. The van der Waals surface area contributed by atoms with Crippen LogP contribution in [0.3, 0.4) is 0 Å². The largest absolute Gasteiger partial charge is 0.379 e. The highest BCUT2D eigenvalue weighted by Crippen LogP contribution is 2.08. The molecule has 5 nitrogen and oxygen atoms in total. The van der Waals surface area contributed by atoms with Crippen molar-refractivity contribution in [1.82, 2.24) is 9.80 Å². The van der Waals surface area contributed by atoms with E-state index in [2.05, 4.69) is 29.3 Å². The topological polar surface area (TPSA) is 37.3 Å². The Morgan fingerprint density at radius 2 is 1.61 bits per heavy atom. The maximum absolute atomic E-state index is 5.60. The van der Waals surface area contributed by atoms with Gasteiger partial charge in [0.05, 0.1) is 26.4 Å². The van der Waals surface area contributed by atoms with E-state index in [0.717, 1.165) is 12.6 Å². The quantitative estimate of drug-likeness (QED) is 0.273. The summed E-state index contributed by atoms with van der Waals surface area (Å²) in [6.45, 7) is 5.27. The van der Waals surface area contributed by atoms with Gasteiger partial charge >= 0.3 is 0 Å². The maximum atomic E-state index is 5.60. The van der Waals surface area contributed by atoms with Crippen LogP contribution in [0.15, 0.2) is 29.3 Å². The first-order valence-corrected chi connectivity index (χ1v) is 7.67. The molecule has 132 valence electrons. The number of nitrogens with zero attached hydrogens (tertiary/aromatic N) is 3. The third-order valence-corrected chi connectivity index (χ3v) is 3.04. The Balaban J connectivity index is 0.00000484. The highest BCUT2D eigenvalue weighted by molar-refractivity contribution is 14.0. The van der Waals surface area contributed by atoms with Gasteiger partial charge in [-0.2, -0.15) is 0 Å². The number of aliphatic imine (C=N–C) groups is 1. The van der Waals surface area contributed by atoms with Crippen LogP contribution in [0.1, 0.15) is 18.1 Å². The zero-order chi connectivity index (χ0) is 16.4. The first kappa shape index (κ1) is 22.1. The normalized spacial score (nSPS) is 9.96. The summed E-state index contributed by atoms with van der Waals surface area (Å²) in [5.41, 5.74) is 2.35. The van der Waals surface area contributed by atoms with Gasteiger partial charge in [-0.05, 0) is 18.1 Å². The second-order valence-electron chi connectivity index (χ2n) is 5.47. The van der Waals surface area contributed by atoms with Crippen molar-refractivity contribution in [1.29, 1.82) is 0 Å². The molecule has 0 unspecified atom stereocenters. The van der Waals surface area contributed by atoms with E-state index >= 15 is 0 Å². The van der Waals surface area contributed by atoms with Crippen LogP contribution in [0, 0.1) is 0 Å². The van der Waals surface area contributed by atoms with E-state index in [-0.39, 0.29) is 24.0 Å². The van der Waals surface area contributed by atoms with Gasteiger partial charge in [-0.15, -0.1) is 24.0 Å². The first-order chi connectivity index (χ1) is 10.5. The number of rotatable bonds is 8. The van der Waals surface area contributed by atoms with Crippen molar-refractivity contribution < 1.29 is 9.47 Å². The summed E-state index contributed by atoms with van der Waals surface area (Å²) in [6.07, 6.45) is 0. The molecular formula is C17H30IN3O2. The lowest BCUT2D eigenvalue weighted by atomic mass is 10.1. The molecule has 0 heterocycles. The Morgan fingerprint density at radius 1 is 1.00 bits per heavy atom. The summed E-state index contributed by atoms with van der Waals surface area (Å²) in [5.74, 6) is 0.957. The van der Waals surface area contributed by atoms with E-state index in [1.165, 1.54) is 11.1 Å². The zero-order valence-electron chi connectivity index (χ0n) is 14.9. The molecule has 23 heavy (non-hydrogen) atoms. The van der Waals surface area contributed by atoms with E-state index in [1.807, 2.05) is 44.9 Å². The minimum absolute atomic E-state index is 0. The van der Waals surface area contributed by atoms with Crippen molar-refractivity contribution in [3.8, 4) is 0 Å². The van der Waals surface area contributed by atoms with Gasteiger partial charge in [-0.3, -0.25) is 0 Å². The number of hydrogen-bond acceptors (Lipinski definition) is 3. The van der Waals surface area contributed by atoms with Crippen LogP contribution in [0.25, 0.3) is 0 Å². The number of hydrogen-bond donors (Lipinski definition) is 0. The highest BCUT2D eigenvalue weighted by Gasteiger charge is 2.04. The fourth-order valence-corrected chi connectivity index (χ4v) is 2.11. The monoisotopic (exact) mass is 435 g/mol. The van der Waals surface area contributed by atoms with Gasteiger partial charge in [-0.25, -0.2) is 4.99 Å². The molecule has 1 aromatic rings. The minimum Gasteiger partial charge on any atom is -0.379 e. The summed E-state index contributed by atoms with van der Waals surface area (Å²) in [4.78, 5) is 8.69. The number of guanidine groups is 1. The predicted octanol–water partition coefficient (Wildman–Crippen LogP) is 2.84. The summed E-state index contributed by atoms with van der Waals surface area (Å²) in [5, 5.41) is 0. The summed E-state index contributed by atoms with van der Waals surface area (Å²) in [7, 11) is 8.01. The van der Waals surface area contributed by atoms with E-state index < -0.39 is 0 Å². The third kappa shape index (κ3) is 9.12. The summed E-state index contributed by atoms with van der Waals surface area (Å²) < 4.78 is 10.9. The van der Waals surface area contributed by atoms with Gasteiger partial charge in [0.2, 0.25) is 0 Å². The molecule has 0 fully saturated rings. The molecule has 1 aromatic carbocycles. The number of benzene rings is 1. The molecule has 0 N–H and O–H groups in total. The third-order valence-electron chi connectivity index (χ3n) is 3.04. The zero-order valence-corrected chi connectivity index (χ0v) is 17.2. The predicted molar refractivity (Wildman–Crippen MR) is 107 cm³/mol. The molecule has 0 bridgehead atoms. The molecule has 0 aromatic heterocycles. The Hall–Kier alpha value is -0.860. The van der Waals surface area contributed by atoms with Crippen LogP contribution in [-0.4, -0.2) is 63.8 Å². The molecule has 0 saturated heterocycles. The Bertz CT molecular complexity index is 455. The SMILES string of the molecule is CCOCCOCc1cccc(CN=C(N(C)C)N(C)C)c1.I. The molecule has 6 heteroatoms. The smallest absolute Gasteiger partial charge is 0.195 e. The van der Waals surface area contributed by atoms with E-state index in [1.54, 1.807) is 0 Å². The van der Waals surface area contributed by atoms with Crippen molar-refractivity contribution in [2.24, 2.45) is 4.99 Å². The minimum atomic E-state index is 0. The lowest BCUT2D eigenvalue weighted by Crippen LogP contribution is -2.35. The second-order valence-corrected chi connectivity index (χ2v) is 5.47. The van der Waals surface area contributed by atoms with Gasteiger partial charge < -0.3 is 19.3 Å². The average Bonchev–Trinajstić information content (AvgIpc) is 2.47. The Morgan fingerprint density at radius 3 is 2.22 bits per heavy atom. The van der Waals surface area contributed by atoms with Gasteiger partial charge in [0.15, 0.2) is 5.96 Å². The van der Waals surface area contributed by atoms with Gasteiger partial charge in [0.25, 0.3) is 0 Å². The molecule has 0 amide bonds. The van der Waals surface area contributed by atoms with Gasteiger partial charge in [0, 0.05) is 34.8 Å².